The molecule has 0 aliphatic carbocycles. The van der Waals surface area contributed by atoms with Gasteiger partial charge in [0.25, 0.3) is 0 Å². The van der Waals surface area contributed by atoms with Gasteiger partial charge in [0.2, 0.25) is 10.0 Å². The average molecular weight is 314 g/mol. The van der Waals surface area contributed by atoms with Crippen molar-refractivity contribution in [1.29, 1.82) is 0 Å². The molecule has 1 aromatic rings. The molecule has 1 aliphatic heterocycles. The molecule has 6 heteroatoms. The minimum Gasteiger partial charge on any atom is -0.310 e. The van der Waals surface area contributed by atoms with Crippen LogP contribution in [0.3, 0.4) is 0 Å². The van der Waals surface area contributed by atoms with E-state index >= 15 is 0 Å². The third-order valence-corrected chi connectivity index (χ3v) is 5.59. The lowest BCUT2D eigenvalue weighted by atomic mass is 10.2. The fourth-order valence-electron chi connectivity index (χ4n) is 2.43. The Morgan fingerprint density at radius 1 is 1.43 bits per heavy atom. The molecule has 1 fully saturated rings. The average Bonchev–Trinajstić information content (AvgIpc) is 2.85. The molecule has 21 heavy (non-hydrogen) atoms. The highest BCUT2D eigenvalue weighted by atomic mass is 32.2. The molecule has 1 atom stereocenters. The van der Waals surface area contributed by atoms with E-state index in [2.05, 4.69) is 5.32 Å². The van der Waals surface area contributed by atoms with Crippen molar-refractivity contribution < 1.29 is 12.8 Å². The highest BCUT2D eigenvalue weighted by Crippen LogP contribution is 2.26. The van der Waals surface area contributed by atoms with Gasteiger partial charge >= 0.3 is 0 Å². The first-order valence-corrected chi connectivity index (χ1v) is 8.76. The van der Waals surface area contributed by atoms with Gasteiger partial charge in [0.1, 0.15) is 10.7 Å². The number of sulfonamides is 1. The van der Waals surface area contributed by atoms with E-state index in [0.717, 1.165) is 12.0 Å². The Balaban J connectivity index is 2.27. The lowest BCUT2D eigenvalue weighted by Crippen LogP contribution is -2.29. The molecule has 0 amide bonds. The zero-order valence-electron chi connectivity index (χ0n) is 12.8. The summed E-state index contributed by atoms with van der Waals surface area (Å²) in [5.41, 5.74) is 0.774. The molecule has 2 rings (SSSR count). The number of hydrogen-bond acceptors (Lipinski definition) is 3. The van der Waals surface area contributed by atoms with Crippen LogP contribution in [0.4, 0.5) is 4.39 Å². The summed E-state index contributed by atoms with van der Waals surface area (Å²) in [6.45, 7) is 7.49. The molecule has 1 saturated heterocycles. The number of halogens is 1. The molecule has 1 aliphatic rings. The fraction of sp³-hybridized carbons (Fsp3) is 0.600. The summed E-state index contributed by atoms with van der Waals surface area (Å²) in [4.78, 5) is -0.209. The lowest BCUT2D eigenvalue weighted by Gasteiger charge is -2.17. The second kappa shape index (κ2) is 6.42. The quantitative estimate of drug-likeness (QED) is 0.907. The van der Waals surface area contributed by atoms with Gasteiger partial charge in [0.05, 0.1) is 0 Å². The number of rotatable bonds is 5. The maximum absolute atomic E-state index is 14.0. The van der Waals surface area contributed by atoms with Crippen LogP contribution in [0, 0.1) is 11.7 Å². The molecule has 4 nitrogen and oxygen atoms in total. The van der Waals surface area contributed by atoms with Crippen LogP contribution in [0.2, 0.25) is 0 Å². The molecule has 1 N–H and O–H groups in total. The maximum atomic E-state index is 14.0. The van der Waals surface area contributed by atoms with E-state index in [1.807, 2.05) is 20.8 Å². The molecule has 1 aromatic carbocycles. The van der Waals surface area contributed by atoms with Gasteiger partial charge in [-0.05, 0) is 30.0 Å². The van der Waals surface area contributed by atoms with Gasteiger partial charge in [0.15, 0.2) is 0 Å². The second-order valence-electron chi connectivity index (χ2n) is 6.06. The molecule has 118 valence electrons. The highest BCUT2D eigenvalue weighted by Gasteiger charge is 2.32. The molecule has 0 bridgehead atoms. The van der Waals surface area contributed by atoms with Gasteiger partial charge in [-0.1, -0.05) is 26.8 Å². The second-order valence-corrected chi connectivity index (χ2v) is 7.96. The third-order valence-electron chi connectivity index (χ3n) is 3.71. The van der Waals surface area contributed by atoms with Crippen molar-refractivity contribution in [2.45, 2.75) is 44.7 Å². The van der Waals surface area contributed by atoms with Crippen LogP contribution in [0.1, 0.15) is 32.8 Å². The first-order valence-electron chi connectivity index (χ1n) is 7.32. The van der Waals surface area contributed by atoms with Gasteiger partial charge in [-0.3, -0.25) is 0 Å². The molecule has 1 heterocycles. The van der Waals surface area contributed by atoms with Crippen LogP contribution in [0.25, 0.3) is 0 Å². The van der Waals surface area contributed by atoms with E-state index in [0.29, 0.717) is 25.6 Å². The Kier molecular flexibility index (Phi) is 5.01. The predicted molar refractivity (Wildman–Crippen MR) is 80.9 cm³/mol. The van der Waals surface area contributed by atoms with Crippen molar-refractivity contribution in [2.24, 2.45) is 5.92 Å². The summed E-state index contributed by atoms with van der Waals surface area (Å²) in [6, 6.07) is 4.60. The molecule has 0 spiro atoms. The fourth-order valence-corrected chi connectivity index (χ4v) is 4.12. The van der Waals surface area contributed by atoms with Crippen LogP contribution in [-0.2, 0) is 16.6 Å². The van der Waals surface area contributed by atoms with Gasteiger partial charge < -0.3 is 5.32 Å². The molecule has 0 aromatic heterocycles. The van der Waals surface area contributed by atoms with Crippen LogP contribution < -0.4 is 5.32 Å². The zero-order chi connectivity index (χ0) is 15.6. The minimum atomic E-state index is -3.73. The monoisotopic (exact) mass is 314 g/mol. The third kappa shape index (κ3) is 3.81. The Hall–Kier alpha value is -0.980. The predicted octanol–water partition coefficient (Wildman–Crippen LogP) is 2.35. The van der Waals surface area contributed by atoms with Gasteiger partial charge in [-0.25, -0.2) is 12.8 Å². The smallest absolute Gasteiger partial charge is 0.246 e. The topological polar surface area (TPSA) is 49.4 Å². The molecule has 0 saturated carbocycles. The van der Waals surface area contributed by atoms with Crippen LogP contribution in [0.5, 0.6) is 0 Å². The highest BCUT2D eigenvalue weighted by molar-refractivity contribution is 7.89. The SMILES string of the molecule is CC1CCN(S(=O)(=O)c2cc(CNC(C)C)ccc2F)C1. The maximum Gasteiger partial charge on any atom is 0.246 e. The van der Waals surface area contributed by atoms with Gasteiger partial charge in [-0.15, -0.1) is 0 Å². The number of nitrogens with one attached hydrogen (secondary N) is 1. The van der Waals surface area contributed by atoms with E-state index in [4.69, 9.17) is 0 Å². The van der Waals surface area contributed by atoms with Crippen LogP contribution in [0.15, 0.2) is 23.1 Å². The Labute approximate surface area is 126 Å². The zero-order valence-corrected chi connectivity index (χ0v) is 13.6. The molecular formula is C15H23FN2O2S. The first-order chi connectivity index (χ1) is 9.80. The normalized spacial score (nSPS) is 20.3. The summed E-state index contributed by atoms with van der Waals surface area (Å²) in [5.74, 6) is -0.350. The number of nitrogens with zero attached hydrogens (tertiary/aromatic N) is 1. The summed E-state index contributed by atoms with van der Waals surface area (Å²) >= 11 is 0. The van der Waals surface area contributed by atoms with E-state index in [-0.39, 0.29) is 10.9 Å². The molecular weight excluding hydrogens is 291 g/mol. The van der Waals surface area contributed by atoms with Crippen molar-refractivity contribution >= 4 is 10.0 Å². The minimum absolute atomic E-state index is 0.209. The van der Waals surface area contributed by atoms with Crippen LogP contribution in [-0.4, -0.2) is 31.9 Å². The summed E-state index contributed by atoms with van der Waals surface area (Å²) in [6.07, 6.45) is 0.829. The van der Waals surface area contributed by atoms with Crippen LogP contribution >= 0.6 is 0 Å². The van der Waals surface area contributed by atoms with Gasteiger partial charge in [-0.2, -0.15) is 4.31 Å². The Bertz CT molecular complexity index is 602. The Morgan fingerprint density at radius 2 is 2.14 bits per heavy atom. The van der Waals surface area contributed by atoms with Crippen molar-refractivity contribution in [3.05, 3.63) is 29.6 Å². The summed E-state index contributed by atoms with van der Waals surface area (Å²) in [7, 11) is -3.73. The standard InChI is InChI=1S/C15H23FN2O2S/c1-11(2)17-9-13-4-5-14(16)15(8-13)21(19,20)18-7-6-12(3)10-18/h4-5,8,11-12,17H,6-7,9-10H2,1-3H3. The van der Waals surface area contributed by atoms with Crippen molar-refractivity contribution in [3.63, 3.8) is 0 Å². The largest absolute Gasteiger partial charge is 0.310 e. The summed E-state index contributed by atoms with van der Waals surface area (Å²) in [5, 5.41) is 3.21. The number of hydrogen-bond donors (Lipinski definition) is 1. The van der Waals surface area contributed by atoms with E-state index < -0.39 is 15.8 Å². The van der Waals surface area contributed by atoms with Gasteiger partial charge in [0, 0.05) is 25.7 Å². The van der Waals surface area contributed by atoms with E-state index in [1.165, 1.54) is 16.4 Å². The number of benzene rings is 1. The molecule has 0 radical (unpaired) electrons. The van der Waals surface area contributed by atoms with Crippen molar-refractivity contribution in [2.75, 3.05) is 13.1 Å². The Morgan fingerprint density at radius 3 is 2.71 bits per heavy atom. The first kappa shape index (κ1) is 16.4. The molecule has 1 unspecified atom stereocenters. The summed E-state index contributed by atoms with van der Waals surface area (Å²) < 4.78 is 40.5. The van der Waals surface area contributed by atoms with Crippen molar-refractivity contribution in [1.82, 2.24) is 9.62 Å². The van der Waals surface area contributed by atoms with E-state index in [1.54, 1.807) is 6.07 Å². The van der Waals surface area contributed by atoms with Crippen molar-refractivity contribution in [3.8, 4) is 0 Å². The van der Waals surface area contributed by atoms with E-state index in [9.17, 15) is 12.8 Å². The lowest BCUT2D eigenvalue weighted by molar-refractivity contribution is 0.457.